The van der Waals surface area contributed by atoms with Crippen molar-refractivity contribution in [3.8, 4) is 44.8 Å². The highest BCUT2D eigenvalue weighted by Gasteiger charge is 2.52. The summed E-state index contributed by atoms with van der Waals surface area (Å²) in [6.07, 6.45) is 4.67. The maximum absolute atomic E-state index is 14.8. The number of imidazole rings is 2. The maximum Gasteiger partial charge on any atom is 0.407 e. The number of alkyl carbamates (subject to hydrolysis) is 2. The predicted molar refractivity (Wildman–Crippen MR) is 339 cm³/mol. The lowest BCUT2D eigenvalue weighted by atomic mass is 9.95. The standard InChI is InChI=1S/C41H47F4N7O6.C28H26F4N4/c1-22(2)33(49-38(55)57-5)36(53)51-20-40(42,43)16-31(51)29-15-28(18-46-29)26-9-7-24(8-10-26)25-11-13-27(14-12-25)30-19-47-35(48-30)32-17-41(44,45)21-52(32)37(54)34(23(3)4)50-39(56)58-6;29-27(30)10-9-21(12-27)26-34-15-25(36-26)20-7-5-18(6-8-20)17-1-3-19(4-2-17)22-11-23(33-14-22)24-13-28(31,32)16-35-24/h7-14,18-19,22-23,31-34H,15-17,20-21H2,1-6H3,(H,47,48)(H,49,55)(H,50,56);1-8,14-15,21,24,35H,9-13,16H2,(H,34,36)/t31-,32-,33-,34-;21-,24-/m00/s1. The second-order valence-electron chi connectivity index (χ2n) is 25.7. The SMILES string of the molecule is COC(=O)N[C@H](C(=O)N1CC(F)(F)C[C@H]1C1=NC=C(c2ccc(-c3ccc(-c4cnc([C@@H]5CC(F)(F)CN5C(=O)[C@@H](NC(=O)OC)C(C)C)[nH]4)cc3)cc2)C1)C(C)C.FC1(F)CC[C@H](c2ncc(-c3ccc(-c4ccc(C5=CN=C([C@@H]6CC(F)(F)CN6)C5)cc4)cc3)[nH]2)C1. The van der Waals surface area contributed by atoms with Crippen molar-refractivity contribution in [2.24, 2.45) is 21.8 Å². The summed E-state index contributed by atoms with van der Waals surface area (Å²) < 4.78 is 123. The van der Waals surface area contributed by atoms with E-state index in [2.05, 4.69) is 55.3 Å². The van der Waals surface area contributed by atoms with Crippen LogP contribution in [-0.4, -0.2) is 147 Å². The molecule has 4 amide bonds. The number of rotatable bonds is 16. The molecule has 0 unspecified atom stereocenters. The molecule has 5 N–H and O–H groups in total. The first kappa shape index (κ1) is 66.5. The van der Waals surface area contributed by atoms with Gasteiger partial charge >= 0.3 is 12.2 Å². The van der Waals surface area contributed by atoms with Crippen LogP contribution in [0.25, 0.3) is 55.9 Å². The minimum atomic E-state index is -3.15. The number of halogens is 8. The Morgan fingerprint density at radius 2 is 0.915 bits per heavy atom. The quantitative estimate of drug-likeness (QED) is 0.0583. The van der Waals surface area contributed by atoms with Crippen LogP contribution in [-0.2, 0) is 19.1 Å². The number of carbonyl (C=O) groups is 4. The van der Waals surface area contributed by atoms with Gasteiger partial charge < -0.3 is 45.2 Å². The first-order valence-corrected chi connectivity index (χ1v) is 31.2. The van der Waals surface area contributed by atoms with Crippen LogP contribution in [0.4, 0.5) is 44.7 Å². The Balaban J connectivity index is 0.000000213. The number of nitrogens with zero attached hydrogens (tertiary/aromatic N) is 6. The Labute approximate surface area is 538 Å². The molecule has 25 heteroatoms. The second-order valence-corrected chi connectivity index (χ2v) is 25.7. The topological polar surface area (TPSA) is 211 Å². The fraction of sp³-hybridized carbons (Fsp3) is 0.420. The van der Waals surface area contributed by atoms with Gasteiger partial charge in [-0.1, -0.05) is 125 Å². The van der Waals surface area contributed by atoms with E-state index in [-0.39, 0.29) is 55.9 Å². The fourth-order valence-corrected chi connectivity index (χ4v) is 13.0. The number of carbonyl (C=O) groups excluding carboxylic acids is 4. The third-order valence-corrected chi connectivity index (χ3v) is 18.2. The van der Waals surface area contributed by atoms with Gasteiger partial charge in [-0.25, -0.2) is 54.7 Å². The molecular formula is C69H73F8N11O6. The molecule has 5 aliphatic heterocycles. The van der Waals surface area contributed by atoms with E-state index < -0.39 is 104 Å². The van der Waals surface area contributed by atoms with Gasteiger partial charge in [0.2, 0.25) is 17.7 Å². The van der Waals surface area contributed by atoms with E-state index >= 15 is 0 Å². The average molecular weight is 1300 g/mol. The highest BCUT2D eigenvalue weighted by molar-refractivity contribution is 6.04. The molecule has 0 spiro atoms. The molecule has 0 bridgehead atoms. The molecule has 496 valence electrons. The normalized spacial score (nSPS) is 22.3. The Bertz CT molecular complexity index is 3900. The molecule has 4 fully saturated rings. The summed E-state index contributed by atoms with van der Waals surface area (Å²) >= 11 is 0. The number of ether oxygens (including phenoxy) is 2. The third kappa shape index (κ3) is 15.0. The van der Waals surface area contributed by atoms with E-state index in [0.29, 0.717) is 30.1 Å². The summed E-state index contributed by atoms with van der Waals surface area (Å²) in [4.78, 5) is 76.9. The summed E-state index contributed by atoms with van der Waals surface area (Å²) in [5.74, 6) is -13.0. The largest absolute Gasteiger partial charge is 0.453 e. The van der Waals surface area contributed by atoms with Crippen LogP contribution in [0.15, 0.2) is 132 Å². The first-order valence-electron chi connectivity index (χ1n) is 31.2. The molecular weight excluding hydrogens is 1230 g/mol. The molecule has 7 heterocycles. The molecule has 0 radical (unpaired) electrons. The van der Waals surface area contributed by atoms with Crippen LogP contribution < -0.4 is 16.0 Å². The van der Waals surface area contributed by atoms with E-state index in [9.17, 15) is 54.3 Å². The van der Waals surface area contributed by atoms with Crippen molar-refractivity contribution in [3.05, 3.63) is 145 Å². The Kier molecular flexibility index (Phi) is 18.9. The van der Waals surface area contributed by atoms with E-state index in [1.165, 1.54) is 6.20 Å². The van der Waals surface area contributed by atoms with Gasteiger partial charge in [-0.3, -0.25) is 19.6 Å². The highest BCUT2D eigenvalue weighted by Crippen LogP contribution is 2.45. The molecule has 2 aromatic heterocycles. The number of alkyl halides is 8. The van der Waals surface area contributed by atoms with Crippen molar-refractivity contribution in [1.29, 1.82) is 0 Å². The van der Waals surface area contributed by atoms with Gasteiger partial charge in [0.05, 0.1) is 75.8 Å². The first-order chi connectivity index (χ1) is 44.6. The number of aliphatic imine (C=N–C) groups is 2. The summed E-state index contributed by atoms with van der Waals surface area (Å²) in [5.41, 5.74) is 11.9. The molecule has 4 aromatic carbocycles. The van der Waals surface area contributed by atoms with Crippen LogP contribution in [0.1, 0.15) is 114 Å². The lowest BCUT2D eigenvalue weighted by molar-refractivity contribution is -0.137. The number of methoxy groups -OCH3 is 2. The van der Waals surface area contributed by atoms with Crippen molar-refractivity contribution in [3.63, 3.8) is 0 Å². The number of amides is 4. The molecule has 1 aliphatic carbocycles. The Morgan fingerprint density at radius 1 is 0.511 bits per heavy atom. The predicted octanol–water partition coefficient (Wildman–Crippen LogP) is 13.7. The van der Waals surface area contributed by atoms with Crippen molar-refractivity contribution in [1.82, 2.24) is 45.7 Å². The fourth-order valence-electron chi connectivity index (χ4n) is 13.0. The lowest BCUT2D eigenvalue weighted by Gasteiger charge is -2.30. The highest BCUT2D eigenvalue weighted by atomic mass is 19.3. The zero-order valence-corrected chi connectivity index (χ0v) is 52.6. The van der Waals surface area contributed by atoms with Crippen LogP contribution in [0.3, 0.4) is 0 Å². The monoisotopic (exact) mass is 1300 g/mol. The molecule has 6 aliphatic rings. The number of hydrogen-bond acceptors (Lipinski definition) is 11. The molecule has 94 heavy (non-hydrogen) atoms. The average Bonchev–Trinajstić information content (AvgIpc) is 1.63. The van der Waals surface area contributed by atoms with Gasteiger partial charge in [0, 0.05) is 74.7 Å². The van der Waals surface area contributed by atoms with E-state index in [1.54, 1.807) is 46.3 Å². The van der Waals surface area contributed by atoms with Gasteiger partial charge in [0.1, 0.15) is 23.7 Å². The van der Waals surface area contributed by atoms with Gasteiger partial charge in [0.15, 0.2) is 0 Å². The number of aromatic nitrogens is 4. The minimum absolute atomic E-state index is 0.0801. The summed E-state index contributed by atoms with van der Waals surface area (Å²) in [6, 6.07) is 26.9. The van der Waals surface area contributed by atoms with Crippen LogP contribution >= 0.6 is 0 Å². The van der Waals surface area contributed by atoms with Crippen LogP contribution in [0, 0.1) is 11.8 Å². The number of aromatic amines is 2. The Morgan fingerprint density at radius 3 is 1.34 bits per heavy atom. The summed E-state index contributed by atoms with van der Waals surface area (Å²) in [5, 5.41) is 7.81. The summed E-state index contributed by atoms with van der Waals surface area (Å²) in [6.45, 7) is 4.94. The smallest absolute Gasteiger partial charge is 0.407 e. The zero-order valence-electron chi connectivity index (χ0n) is 52.6. The second kappa shape index (κ2) is 26.8. The number of likely N-dealkylation sites (tertiary alicyclic amines) is 2. The van der Waals surface area contributed by atoms with Gasteiger partial charge in [-0.05, 0) is 73.9 Å². The van der Waals surface area contributed by atoms with Gasteiger partial charge in [-0.15, -0.1) is 0 Å². The summed E-state index contributed by atoms with van der Waals surface area (Å²) in [7, 11) is 2.32. The van der Waals surface area contributed by atoms with Crippen molar-refractivity contribution in [2.75, 3.05) is 33.9 Å². The zero-order chi connectivity index (χ0) is 67.0. The number of allylic oxidation sites excluding steroid dienone is 2. The third-order valence-electron chi connectivity index (χ3n) is 18.2. The van der Waals surface area contributed by atoms with Crippen molar-refractivity contribution < 1.29 is 63.8 Å². The van der Waals surface area contributed by atoms with Gasteiger partial charge in [-0.2, -0.15) is 0 Å². The number of H-pyrrole nitrogens is 2. The molecule has 3 saturated heterocycles. The maximum atomic E-state index is 14.8. The minimum Gasteiger partial charge on any atom is -0.453 e. The number of benzene rings is 4. The lowest BCUT2D eigenvalue weighted by Crippen LogP contribution is -2.54. The Hall–Kier alpha value is -9.00. The van der Waals surface area contributed by atoms with Crippen LogP contribution in [0.2, 0.25) is 0 Å². The molecule has 6 atom stereocenters. The van der Waals surface area contributed by atoms with Crippen LogP contribution in [0.5, 0.6) is 0 Å². The molecule has 1 saturated carbocycles. The molecule has 6 aromatic rings. The van der Waals surface area contributed by atoms with Crippen molar-refractivity contribution >= 4 is 46.6 Å². The number of hydrogen-bond donors (Lipinski definition) is 5. The molecule has 12 rings (SSSR count). The number of nitrogens with one attached hydrogen (secondary N) is 5. The van der Waals surface area contributed by atoms with E-state index in [1.807, 2.05) is 97.1 Å². The van der Waals surface area contributed by atoms with E-state index in [4.69, 9.17) is 0 Å². The van der Waals surface area contributed by atoms with E-state index in [0.717, 1.165) is 91.1 Å². The molecule has 17 nitrogen and oxygen atoms in total. The van der Waals surface area contributed by atoms with Crippen molar-refractivity contribution in [2.45, 2.75) is 139 Å². The van der Waals surface area contributed by atoms with Gasteiger partial charge in [0.25, 0.3) is 17.8 Å².